The van der Waals surface area contributed by atoms with Gasteiger partial charge in [0.1, 0.15) is 17.1 Å². The lowest BCUT2D eigenvalue weighted by atomic mass is 10.1. The molecular formula is C28H18ClN3O3. The van der Waals surface area contributed by atoms with Crippen LogP contribution in [0.4, 0.5) is 0 Å². The number of halogens is 1. The molecule has 3 aromatic carbocycles. The molecule has 6 nitrogen and oxygen atoms in total. The summed E-state index contributed by atoms with van der Waals surface area (Å²) in [6.45, 7) is 1.94. The first-order valence-corrected chi connectivity index (χ1v) is 11.4. The van der Waals surface area contributed by atoms with Crippen molar-refractivity contribution in [1.82, 2.24) is 9.66 Å². The van der Waals surface area contributed by atoms with Gasteiger partial charge in [-0.1, -0.05) is 54.1 Å². The zero-order valence-corrected chi connectivity index (χ0v) is 19.4. The van der Waals surface area contributed by atoms with Crippen LogP contribution in [0.25, 0.3) is 44.8 Å². The minimum atomic E-state index is -0.306. The van der Waals surface area contributed by atoms with Gasteiger partial charge >= 0.3 is 0 Å². The van der Waals surface area contributed by atoms with Crippen molar-refractivity contribution in [3.8, 4) is 22.9 Å². The van der Waals surface area contributed by atoms with Crippen molar-refractivity contribution in [2.24, 2.45) is 5.10 Å². The van der Waals surface area contributed by atoms with Crippen LogP contribution in [-0.2, 0) is 0 Å². The molecule has 0 radical (unpaired) electrons. The highest BCUT2D eigenvalue weighted by molar-refractivity contribution is 6.31. The van der Waals surface area contributed by atoms with Crippen molar-refractivity contribution in [3.05, 3.63) is 112 Å². The van der Waals surface area contributed by atoms with E-state index < -0.39 is 0 Å². The lowest BCUT2D eigenvalue weighted by Crippen LogP contribution is -2.20. The molecule has 0 saturated carbocycles. The Bertz CT molecular complexity index is 1780. The van der Waals surface area contributed by atoms with Crippen molar-refractivity contribution in [3.63, 3.8) is 0 Å². The average Bonchev–Trinajstić information content (AvgIpc) is 3.52. The van der Waals surface area contributed by atoms with E-state index in [1.165, 1.54) is 10.9 Å². The molecule has 0 aliphatic heterocycles. The monoisotopic (exact) mass is 479 g/mol. The number of nitrogens with zero attached hydrogens (tertiary/aromatic N) is 3. The minimum absolute atomic E-state index is 0.304. The second-order valence-corrected chi connectivity index (χ2v) is 8.48. The van der Waals surface area contributed by atoms with Crippen LogP contribution in [0.1, 0.15) is 11.3 Å². The second-order valence-electron chi connectivity index (χ2n) is 8.08. The maximum atomic E-state index is 13.4. The highest BCUT2D eigenvalue weighted by atomic mass is 35.5. The Balaban J connectivity index is 1.47. The molecule has 170 valence electrons. The second kappa shape index (κ2) is 8.42. The van der Waals surface area contributed by atoms with Crippen molar-refractivity contribution in [1.29, 1.82) is 0 Å². The lowest BCUT2D eigenvalue weighted by molar-refractivity contribution is 0.573. The summed E-state index contributed by atoms with van der Waals surface area (Å²) in [5, 5.41) is 6.49. The summed E-state index contributed by atoms with van der Waals surface area (Å²) in [5.74, 6) is 1.89. The van der Waals surface area contributed by atoms with Gasteiger partial charge in [-0.2, -0.15) is 9.78 Å². The van der Waals surface area contributed by atoms with Crippen LogP contribution in [0.3, 0.4) is 0 Å². The maximum Gasteiger partial charge on any atom is 0.282 e. The summed E-state index contributed by atoms with van der Waals surface area (Å²) in [6.07, 6.45) is 1.49. The number of aromatic nitrogens is 2. The smallest absolute Gasteiger partial charge is 0.282 e. The molecule has 0 aliphatic rings. The third kappa shape index (κ3) is 3.74. The van der Waals surface area contributed by atoms with Gasteiger partial charge in [-0.25, -0.2) is 4.98 Å². The third-order valence-electron chi connectivity index (χ3n) is 5.86. The summed E-state index contributed by atoms with van der Waals surface area (Å²) in [7, 11) is 0. The van der Waals surface area contributed by atoms with Gasteiger partial charge in [0.15, 0.2) is 5.76 Å². The number of rotatable bonds is 4. The topological polar surface area (TPSA) is 73.5 Å². The summed E-state index contributed by atoms with van der Waals surface area (Å²) in [5.41, 5.74) is 2.78. The molecule has 0 atom stereocenters. The average molecular weight is 480 g/mol. The van der Waals surface area contributed by atoms with Crippen LogP contribution in [-0.4, -0.2) is 15.9 Å². The van der Waals surface area contributed by atoms with Crippen molar-refractivity contribution in [2.75, 3.05) is 0 Å². The molecule has 0 amide bonds. The normalized spacial score (nSPS) is 11.7. The molecular weight excluding hydrogens is 462 g/mol. The fourth-order valence-electron chi connectivity index (χ4n) is 4.04. The summed E-state index contributed by atoms with van der Waals surface area (Å²) >= 11 is 6.26. The van der Waals surface area contributed by atoms with Gasteiger partial charge in [0.25, 0.3) is 5.56 Å². The molecule has 7 heteroatoms. The van der Waals surface area contributed by atoms with E-state index in [0.717, 1.165) is 16.5 Å². The zero-order chi connectivity index (χ0) is 23.9. The van der Waals surface area contributed by atoms with Crippen LogP contribution >= 0.6 is 11.6 Å². The quantitative estimate of drug-likeness (QED) is 0.257. The minimum Gasteiger partial charge on any atom is -0.455 e. The van der Waals surface area contributed by atoms with E-state index in [9.17, 15) is 4.79 Å². The summed E-state index contributed by atoms with van der Waals surface area (Å²) < 4.78 is 13.2. The maximum absolute atomic E-state index is 13.4. The number of hydrogen-bond acceptors (Lipinski definition) is 5. The van der Waals surface area contributed by atoms with Gasteiger partial charge in [0, 0.05) is 16.0 Å². The molecule has 0 saturated heterocycles. The molecule has 0 bridgehead atoms. The van der Waals surface area contributed by atoms with Gasteiger partial charge in [-0.15, -0.1) is 0 Å². The Morgan fingerprint density at radius 1 is 0.914 bits per heavy atom. The Labute approximate surface area is 204 Å². The number of furan rings is 2. The highest BCUT2D eigenvalue weighted by Gasteiger charge is 2.16. The Kier molecular flexibility index (Phi) is 5.08. The van der Waals surface area contributed by atoms with E-state index in [0.29, 0.717) is 44.6 Å². The Hall–Kier alpha value is -4.42. The standard InChI is InChI=1S/C28H18ClN3O3/c1-17-20(9-6-10-22(17)29)25-14-13-19(34-25)16-30-32-27(26-15-18-7-2-5-12-24(18)35-26)31-23-11-4-3-8-21(23)28(32)33/h2-16H,1H3. The van der Waals surface area contributed by atoms with Gasteiger partial charge in [0.2, 0.25) is 5.82 Å². The zero-order valence-electron chi connectivity index (χ0n) is 18.6. The highest BCUT2D eigenvalue weighted by Crippen LogP contribution is 2.30. The molecule has 0 spiro atoms. The molecule has 3 heterocycles. The van der Waals surface area contributed by atoms with Gasteiger partial charge in [-0.05, 0) is 55.0 Å². The van der Waals surface area contributed by atoms with E-state index in [2.05, 4.69) is 5.10 Å². The predicted octanol–water partition coefficient (Wildman–Crippen LogP) is 6.91. The molecule has 35 heavy (non-hydrogen) atoms. The van der Waals surface area contributed by atoms with E-state index in [-0.39, 0.29) is 5.56 Å². The Morgan fingerprint density at radius 3 is 2.63 bits per heavy atom. The first-order valence-electron chi connectivity index (χ1n) is 11.0. The van der Waals surface area contributed by atoms with E-state index in [1.807, 2.05) is 67.6 Å². The Morgan fingerprint density at radius 2 is 1.74 bits per heavy atom. The molecule has 0 aliphatic carbocycles. The van der Waals surface area contributed by atoms with Gasteiger partial charge in [-0.3, -0.25) is 4.79 Å². The molecule has 0 unspecified atom stereocenters. The lowest BCUT2D eigenvalue weighted by Gasteiger charge is -2.07. The largest absolute Gasteiger partial charge is 0.455 e. The van der Waals surface area contributed by atoms with E-state index >= 15 is 0 Å². The van der Waals surface area contributed by atoms with Gasteiger partial charge < -0.3 is 8.83 Å². The predicted molar refractivity (Wildman–Crippen MR) is 138 cm³/mol. The molecule has 6 rings (SSSR count). The van der Waals surface area contributed by atoms with E-state index in [4.69, 9.17) is 25.4 Å². The van der Waals surface area contributed by atoms with Crippen molar-refractivity contribution >= 4 is 39.7 Å². The fraction of sp³-hybridized carbons (Fsp3) is 0.0357. The summed E-state index contributed by atoms with van der Waals surface area (Å²) in [6, 6.07) is 25.9. The first kappa shape index (κ1) is 21.1. The molecule has 3 aromatic heterocycles. The first-order chi connectivity index (χ1) is 17.1. The van der Waals surface area contributed by atoms with Crippen LogP contribution < -0.4 is 5.56 Å². The van der Waals surface area contributed by atoms with Crippen LogP contribution in [0, 0.1) is 6.92 Å². The number of hydrogen-bond donors (Lipinski definition) is 0. The van der Waals surface area contributed by atoms with Gasteiger partial charge in [0.05, 0.1) is 17.1 Å². The molecule has 0 N–H and O–H groups in total. The summed E-state index contributed by atoms with van der Waals surface area (Å²) in [4.78, 5) is 18.1. The number of fused-ring (bicyclic) bond motifs is 2. The molecule has 6 aromatic rings. The third-order valence-corrected chi connectivity index (χ3v) is 6.27. The number of benzene rings is 3. The van der Waals surface area contributed by atoms with Crippen LogP contribution in [0.2, 0.25) is 5.02 Å². The molecule has 0 fully saturated rings. The number of para-hydroxylation sites is 2. The van der Waals surface area contributed by atoms with Crippen LogP contribution in [0.15, 0.2) is 104 Å². The van der Waals surface area contributed by atoms with E-state index in [1.54, 1.807) is 24.3 Å². The van der Waals surface area contributed by atoms with Crippen molar-refractivity contribution in [2.45, 2.75) is 6.92 Å². The van der Waals surface area contributed by atoms with Crippen molar-refractivity contribution < 1.29 is 8.83 Å². The fourth-order valence-corrected chi connectivity index (χ4v) is 4.21. The van der Waals surface area contributed by atoms with Crippen LogP contribution in [0.5, 0.6) is 0 Å². The SMILES string of the molecule is Cc1c(Cl)cccc1-c1ccc(C=Nn2c(-c3cc4ccccc4o3)nc3ccccc3c2=O)o1.